The molecule has 24 heavy (non-hydrogen) atoms. The minimum atomic E-state index is -2.24. The van der Waals surface area contributed by atoms with Crippen LogP contribution in [0.3, 0.4) is 0 Å². The predicted molar refractivity (Wildman–Crippen MR) is 82.2 cm³/mol. The van der Waals surface area contributed by atoms with Crippen molar-refractivity contribution in [2.75, 3.05) is 0 Å². The maximum Gasteiger partial charge on any atom is 0.202 e. The van der Waals surface area contributed by atoms with Gasteiger partial charge in [-0.2, -0.15) is 0 Å². The van der Waals surface area contributed by atoms with E-state index in [2.05, 4.69) is 0 Å². The van der Waals surface area contributed by atoms with E-state index in [9.17, 15) is 29.7 Å². The first kappa shape index (κ1) is 15.1. The molecular formula is C18H16O6. The molecule has 1 aromatic carbocycles. The van der Waals surface area contributed by atoms with Gasteiger partial charge in [0.25, 0.3) is 0 Å². The number of aliphatic hydroxyl groups excluding tert-OH is 1. The Kier molecular flexibility index (Phi) is 3.00. The number of aliphatic hydroxyl groups is 2. The van der Waals surface area contributed by atoms with Crippen molar-refractivity contribution in [3.05, 3.63) is 34.9 Å². The molecule has 0 saturated heterocycles. The number of benzene rings is 1. The van der Waals surface area contributed by atoms with Crippen molar-refractivity contribution < 1.29 is 29.7 Å². The predicted octanol–water partition coefficient (Wildman–Crippen LogP) is 1.09. The van der Waals surface area contributed by atoms with Crippen LogP contribution in [0.5, 0.6) is 5.75 Å². The average Bonchev–Trinajstić information content (AvgIpc) is 2.50. The highest BCUT2D eigenvalue weighted by atomic mass is 16.3. The Morgan fingerprint density at radius 1 is 1.08 bits per heavy atom. The number of rotatable bonds is 0. The summed E-state index contributed by atoms with van der Waals surface area (Å²) >= 11 is 0. The van der Waals surface area contributed by atoms with E-state index >= 15 is 0 Å². The first-order valence-electron chi connectivity index (χ1n) is 7.90. The monoisotopic (exact) mass is 328 g/mol. The van der Waals surface area contributed by atoms with Gasteiger partial charge in [0.15, 0.2) is 11.4 Å². The summed E-state index contributed by atoms with van der Waals surface area (Å²) in [6.45, 7) is 0. The van der Waals surface area contributed by atoms with E-state index in [4.69, 9.17) is 0 Å². The topological polar surface area (TPSA) is 112 Å². The lowest BCUT2D eigenvalue weighted by molar-refractivity contribution is -0.164. The number of carbonyl (C=O) groups is 3. The van der Waals surface area contributed by atoms with Gasteiger partial charge >= 0.3 is 0 Å². The molecule has 3 N–H and O–H groups in total. The molecular weight excluding hydrogens is 312 g/mol. The molecule has 6 heteroatoms. The zero-order valence-corrected chi connectivity index (χ0v) is 12.8. The molecule has 0 heterocycles. The van der Waals surface area contributed by atoms with Crippen LogP contribution in [0.15, 0.2) is 23.8 Å². The van der Waals surface area contributed by atoms with Gasteiger partial charge in [0.1, 0.15) is 17.3 Å². The molecule has 6 nitrogen and oxygen atoms in total. The number of phenolic OH excluding ortho intramolecular Hbond substituents is 1. The van der Waals surface area contributed by atoms with Gasteiger partial charge in [-0.25, -0.2) is 0 Å². The zero-order valence-electron chi connectivity index (χ0n) is 12.8. The Hall–Kier alpha value is -2.47. The fraction of sp³-hybridized carbons (Fsp3) is 0.389. The molecule has 2 saturated carbocycles. The van der Waals surface area contributed by atoms with Crippen LogP contribution < -0.4 is 0 Å². The summed E-state index contributed by atoms with van der Waals surface area (Å²) in [5.74, 6) is -3.55. The molecule has 3 unspecified atom stereocenters. The molecule has 0 aromatic heterocycles. The summed E-state index contributed by atoms with van der Waals surface area (Å²) in [5, 5.41) is 31.3. The average molecular weight is 328 g/mol. The Morgan fingerprint density at radius 2 is 1.83 bits per heavy atom. The van der Waals surface area contributed by atoms with Crippen molar-refractivity contribution in [1.82, 2.24) is 0 Å². The SMILES string of the molecule is O=C1CC(=O)C2(O)C(=O)C3=C(O)c4c(O)cccc4CC3CC2C1. The van der Waals surface area contributed by atoms with Crippen LogP contribution in [-0.4, -0.2) is 38.3 Å². The summed E-state index contributed by atoms with van der Waals surface area (Å²) in [7, 11) is 0. The van der Waals surface area contributed by atoms with Gasteiger partial charge in [0.2, 0.25) is 5.78 Å². The lowest BCUT2D eigenvalue weighted by atomic mass is 9.58. The molecule has 0 amide bonds. The second-order valence-electron chi connectivity index (χ2n) is 6.85. The third-order valence-electron chi connectivity index (χ3n) is 5.50. The van der Waals surface area contributed by atoms with E-state index in [0.29, 0.717) is 12.0 Å². The second kappa shape index (κ2) is 4.77. The zero-order chi connectivity index (χ0) is 17.2. The fourth-order valence-electron chi connectivity index (χ4n) is 4.37. The molecule has 0 spiro atoms. The standard InChI is InChI=1S/C18H16O6/c19-11-6-10-5-9-4-8-2-1-3-12(20)14(8)16(22)15(9)17(23)18(10,24)13(21)7-11/h1-3,9-10,20,22,24H,4-7H2. The molecule has 2 fully saturated rings. The summed E-state index contributed by atoms with van der Waals surface area (Å²) in [5.41, 5.74) is -1.37. The van der Waals surface area contributed by atoms with Gasteiger partial charge < -0.3 is 15.3 Å². The fourth-order valence-corrected chi connectivity index (χ4v) is 4.37. The van der Waals surface area contributed by atoms with Crippen LogP contribution in [-0.2, 0) is 20.8 Å². The lowest BCUT2D eigenvalue weighted by Gasteiger charge is -2.45. The highest BCUT2D eigenvalue weighted by Crippen LogP contribution is 2.49. The summed E-state index contributed by atoms with van der Waals surface area (Å²) in [4.78, 5) is 36.8. The molecule has 1 aromatic rings. The molecule has 3 aliphatic rings. The van der Waals surface area contributed by atoms with Crippen molar-refractivity contribution in [2.45, 2.75) is 31.3 Å². The third kappa shape index (κ3) is 1.77. The molecule has 3 aliphatic carbocycles. The quantitative estimate of drug-likeness (QED) is 0.615. The van der Waals surface area contributed by atoms with Crippen LogP contribution in [0.1, 0.15) is 30.4 Å². The van der Waals surface area contributed by atoms with Crippen molar-refractivity contribution in [1.29, 1.82) is 0 Å². The minimum Gasteiger partial charge on any atom is -0.507 e. The maximum absolute atomic E-state index is 12.9. The second-order valence-corrected chi connectivity index (χ2v) is 6.85. The molecule has 124 valence electrons. The van der Waals surface area contributed by atoms with Crippen LogP contribution >= 0.6 is 0 Å². The Labute approximate surface area is 137 Å². The normalized spacial score (nSPS) is 32.3. The maximum atomic E-state index is 12.9. The van der Waals surface area contributed by atoms with E-state index in [0.717, 1.165) is 0 Å². The largest absolute Gasteiger partial charge is 0.507 e. The van der Waals surface area contributed by atoms with Gasteiger partial charge in [-0.3, -0.25) is 14.4 Å². The molecule has 3 atom stereocenters. The number of ketones is 3. The van der Waals surface area contributed by atoms with Crippen molar-refractivity contribution in [2.24, 2.45) is 11.8 Å². The van der Waals surface area contributed by atoms with Crippen LogP contribution in [0.4, 0.5) is 0 Å². The number of fused-ring (bicyclic) bond motifs is 3. The molecule has 0 bridgehead atoms. The van der Waals surface area contributed by atoms with E-state index < -0.39 is 29.5 Å². The highest BCUT2D eigenvalue weighted by Gasteiger charge is 2.60. The van der Waals surface area contributed by atoms with Crippen LogP contribution in [0, 0.1) is 11.8 Å². The van der Waals surface area contributed by atoms with Crippen LogP contribution in [0.2, 0.25) is 0 Å². The highest BCUT2D eigenvalue weighted by molar-refractivity contribution is 6.24. The Morgan fingerprint density at radius 3 is 2.58 bits per heavy atom. The van der Waals surface area contributed by atoms with Crippen molar-refractivity contribution in [3.8, 4) is 5.75 Å². The van der Waals surface area contributed by atoms with Crippen molar-refractivity contribution in [3.63, 3.8) is 0 Å². The van der Waals surface area contributed by atoms with E-state index in [1.807, 2.05) is 0 Å². The van der Waals surface area contributed by atoms with Gasteiger partial charge in [-0.05, 0) is 30.4 Å². The number of hydrogen-bond donors (Lipinski definition) is 3. The van der Waals surface area contributed by atoms with E-state index in [1.54, 1.807) is 12.1 Å². The Balaban J connectivity index is 1.89. The number of carbonyl (C=O) groups excluding carboxylic acids is 3. The Bertz CT molecular complexity index is 836. The van der Waals surface area contributed by atoms with Gasteiger partial charge in [-0.1, -0.05) is 12.1 Å². The summed E-state index contributed by atoms with van der Waals surface area (Å²) in [6, 6.07) is 4.82. The summed E-state index contributed by atoms with van der Waals surface area (Å²) in [6.07, 6.45) is 0.211. The molecule has 0 radical (unpaired) electrons. The summed E-state index contributed by atoms with van der Waals surface area (Å²) < 4.78 is 0. The van der Waals surface area contributed by atoms with Gasteiger partial charge in [0, 0.05) is 17.9 Å². The first-order chi connectivity index (χ1) is 11.3. The van der Waals surface area contributed by atoms with Crippen LogP contribution in [0.25, 0.3) is 5.76 Å². The third-order valence-corrected chi connectivity index (χ3v) is 5.50. The molecule has 0 aliphatic heterocycles. The van der Waals surface area contributed by atoms with Gasteiger partial charge in [0.05, 0.1) is 12.0 Å². The minimum absolute atomic E-state index is 0.00851. The number of aromatic hydroxyl groups is 1. The number of hydrogen-bond acceptors (Lipinski definition) is 6. The van der Waals surface area contributed by atoms with Gasteiger partial charge in [-0.15, -0.1) is 0 Å². The first-order valence-corrected chi connectivity index (χ1v) is 7.90. The van der Waals surface area contributed by atoms with Crippen molar-refractivity contribution >= 4 is 23.1 Å². The van der Waals surface area contributed by atoms with E-state index in [1.165, 1.54) is 6.07 Å². The molecule has 4 rings (SSSR count). The number of phenols is 1. The number of Topliss-reactive ketones (excluding diaryl/α,β-unsaturated/α-hetero) is 3. The van der Waals surface area contributed by atoms with E-state index in [-0.39, 0.29) is 47.2 Å². The smallest absolute Gasteiger partial charge is 0.202 e. The lowest BCUT2D eigenvalue weighted by Crippen LogP contribution is -2.61.